The van der Waals surface area contributed by atoms with E-state index >= 15 is 0 Å². The van der Waals surface area contributed by atoms with E-state index in [1.165, 1.54) is 6.07 Å². The highest BCUT2D eigenvalue weighted by Gasteiger charge is 2.11. The molecule has 0 saturated carbocycles. The second-order valence-electron chi connectivity index (χ2n) is 4.88. The van der Waals surface area contributed by atoms with E-state index in [2.05, 4.69) is 5.32 Å². The number of benzene rings is 2. The van der Waals surface area contributed by atoms with Gasteiger partial charge in [-0.15, -0.1) is 0 Å². The van der Waals surface area contributed by atoms with Gasteiger partial charge in [-0.1, -0.05) is 36.4 Å². The highest BCUT2D eigenvalue weighted by Crippen LogP contribution is 2.22. The van der Waals surface area contributed by atoms with Gasteiger partial charge in [0.25, 0.3) is 0 Å². The van der Waals surface area contributed by atoms with Crippen molar-refractivity contribution >= 4 is 11.0 Å². The third-order valence-electron chi connectivity index (χ3n) is 3.53. The van der Waals surface area contributed by atoms with Gasteiger partial charge >= 0.3 is 0 Å². The first-order valence-electron chi connectivity index (χ1n) is 6.68. The molecule has 102 valence electrons. The fourth-order valence-corrected chi connectivity index (χ4v) is 2.37. The Morgan fingerprint density at radius 3 is 2.70 bits per heavy atom. The summed E-state index contributed by atoms with van der Waals surface area (Å²) in [5.41, 5.74) is 2.65. The Bertz CT molecular complexity index is 720. The highest BCUT2D eigenvalue weighted by molar-refractivity contribution is 5.80. The van der Waals surface area contributed by atoms with Crippen LogP contribution in [0.15, 0.2) is 59.2 Å². The van der Waals surface area contributed by atoms with Crippen LogP contribution in [0.4, 0.5) is 4.39 Å². The predicted molar refractivity (Wildman–Crippen MR) is 77.9 cm³/mol. The van der Waals surface area contributed by atoms with Gasteiger partial charge in [-0.05, 0) is 19.1 Å². The fourth-order valence-electron chi connectivity index (χ4n) is 2.37. The van der Waals surface area contributed by atoms with Crippen molar-refractivity contribution in [1.82, 2.24) is 5.32 Å². The molecule has 0 spiro atoms. The Balaban J connectivity index is 1.75. The van der Waals surface area contributed by atoms with Crippen molar-refractivity contribution in [2.45, 2.75) is 19.5 Å². The van der Waals surface area contributed by atoms with Crippen molar-refractivity contribution in [3.8, 4) is 0 Å². The van der Waals surface area contributed by atoms with Crippen molar-refractivity contribution < 1.29 is 8.81 Å². The molecule has 20 heavy (non-hydrogen) atoms. The Hall–Kier alpha value is -2.13. The Kier molecular flexibility index (Phi) is 3.52. The van der Waals surface area contributed by atoms with Crippen LogP contribution in [0, 0.1) is 5.82 Å². The zero-order valence-corrected chi connectivity index (χ0v) is 11.3. The summed E-state index contributed by atoms with van der Waals surface area (Å²) in [7, 11) is 0. The lowest BCUT2D eigenvalue weighted by molar-refractivity contribution is 0.525. The number of halogens is 1. The molecule has 1 unspecified atom stereocenters. The quantitative estimate of drug-likeness (QED) is 0.758. The van der Waals surface area contributed by atoms with Gasteiger partial charge in [0, 0.05) is 29.1 Å². The van der Waals surface area contributed by atoms with E-state index in [1.54, 1.807) is 18.4 Å². The number of hydrogen-bond donors (Lipinski definition) is 1. The van der Waals surface area contributed by atoms with Gasteiger partial charge in [0.05, 0.1) is 6.26 Å². The number of para-hydroxylation sites is 1. The first-order chi connectivity index (χ1) is 9.75. The van der Waals surface area contributed by atoms with E-state index in [9.17, 15) is 4.39 Å². The molecule has 0 aliphatic rings. The molecule has 0 bridgehead atoms. The summed E-state index contributed by atoms with van der Waals surface area (Å²) >= 11 is 0. The molecule has 1 aromatic heterocycles. The Morgan fingerprint density at radius 1 is 1.10 bits per heavy atom. The van der Waals surface area contributed by atoms with Crippen LogP contribution in [-0.4, -0.2) is 0 Å². The molecule has 2 nitrogen and oxygen atoms in total. The molecule has 3 heteroatoms. The average molecular weight is 269 g/mol. The summed E-state index contributed by atoms with van der Waals surface area (Å²) in [5.74, 6) is -0.176. The molecule has 1 atom stereocenters. The molecule has 1 heterocycles. The predicted octanol–water partition coefficient (Wildman–Crippen LogP) is 4.42. The molecule has 0 aliphatic carbocycles. The van der Waals surface area contributed by atoms with E-state index in [0.29, 0.717) is 12.1 Å². The summed E-state index contributed by atoms with van der Waals surface area (Å²) in [4.78, 5) is 0. The van der Waals surface area contributed by atoms with Crippen molar-refractivity contribution in [2.75, 3.05) is 0 Å². The van der Waals surface area contributed by atoms with E-state index in [1.807, 2.05) is 37.3 Å². The number of nitrogens with one attached hydrogen (secondary N) is 1. The first-order valence-corrected chi connectivity index (χ1v) is 6.68. The molecular weight excluding hydrogens is 253 g/mol. The van der Waals surface area contributed by atoms with Crippen LogP contribution in [0.3, 0.4) is 0 Å². The maximum absolute atomic E-state index is 13.7. The van der Waals surface area contributed by atoms with Crippen LogP contribution in [0.5, 0.6) is 0 Å². The average Bonchev–Trinajstić information content (AvgIpc) is 2.88. The lowest BCUT2D eigenvalue weighted by Gasteiger charge is -2.14. The monoisotopic (exact) mass is 269 g/mol. The zero-order valence-electron chi connectivity index (χ0n) is 11.3. The van der Waals surface area contributed by atoms with Crippen LogP contribution in [-0.2, 0) is 6.54 Å². The van der Waals surface area contributed by atoms with Crippen LogP contribution < -0.4 is 5.32 Å². The molecule has 0 fully saturated rings. The maximum Gasteiger partial charge on any atom is 0.134 e. The summed E-state index contributed by atoms with van der Waals surface area (Å²) in [6, 6.07) is 14.7. The van der Waals surface area contributed by atoms with Gasteiger partial charge in [0.1, 0.15) is 11.4 Å². The molecule has 2 aromatic carbocycles. The van der Waals surface area contributed by atoms with Crippen LogP contribution in [0.2, 0.25) is 0 Å². The van der Waals surface area contributed by atoms with Crippen molar-refractivity contribution in [1.29, 1.82) is 0 Å². The summed E-state index contributed by atoms with van der Waals surface area (Å²) in [5, 5.41) is 4.43. The number of rotatable bonds is 4. The van der Waals surface area contributed by atoms with Gasteiger partial charge in [-0.3, -0.25) is 0 Å². The largest absolute Gasteiger partial charge is 0.464 e. The van der Waals surface area contributed by atoms with Gasteiger partial charge in [0.15, 0.2) is 0 Å². The van der Waals surface area contributed by atoms with Crippen LogP contribution in [0.1, 0.15) is 24.1 Å². The lowest BCUT2D eigenvalue weighted by Crippen LogP contribution is -2.18. The van der Waals surface area contributed by atoms with E-state index in [4.69, 9.17) is 4.42 Å². The smallest absolute Gasteiger partial charge is 0.134 e. The molecule has 3 rings (SSSR count). The molecule has 0 amide bonds. The van der Waals surface area contributed by atoms with E-state index in [-0.39, 0.29) is 11.9 Å². The number of furan rings is 1. The maximum atomic E-state index is 13.7. The topological polar surface area (TPSA) is 25.2 Å². The molecule has 1 N–H and O–H groups in total. The van der Waals surface area contributed by atoms with Crippen LogP contribution >= 0.6 is 0 Å². The molecule has 0 aliphatic heterocycles. The third kappa shape index (κ3) is 2.45. The molecule has 0 radical (unpaired) electrons. The van der Waals surface area contributed by atoms with E-state index < -0.39 is 0 Å². The number of fused-ring (bicyclic) bond motifs is 1. The third-order valence-corrected chi connectivity index (χ3v) is 3.53. The first kappa shape index (κ1) is 12.9. The minimum atomic E-state index is -0.176. The van der Waals surface area contributed by atoms with E-state index in [0.717, 1.165) is 16.5 Å². The van der Waals surface area contributed by atoms with Crippen LogP contribution in [0.25, 0.3) is 11.0 Å². The second kappa shape index (κ2) is 5.47. The fraction of sp³-hybridized carbons (Fsp3) is 0.176. The van der Waals surface area contributed by atoms with Gasteiger partial charge in [0.2, 0.25) is 0 Å². The Morgan fingerprint density at radius 2 is 1.85 bits per heavy atom. The Labute approximate surface area is 117 Å². The van der Waals surface area contributed by atoms with Gasteiger partial charge in [-0.25, -0.2) is 4.39 Å². The lowest BCUT2D eigenvalue weighted by atomic mass is 10.1. The normalized spacial score (nSPS) is 12.7. The second-order valence-corrected chi connectivity index (χ2v) is 4.88. The van der Waals surface area contributed by atoms with Crippen molar-refractivity contribution in [3.05, 3.63) is 71.7 Å². The van der Waals surface area contributed by atoms with Gasteiger partial charge in [-0.2, -0.15) is 0 Å². The van der Waals surface area contributed by atoms with Gasteiger partial charge < -0.3 is 9.73 Å². The summed E-state index contributed by atoms with van der Waals surface area (Å²) in [6.45, 7) is 2.60. The minimum absolute atomic E-state index is 0.0511. The standard InChI is InChI=1S/C17H16FNO/c1-12(14-6-2-4-8-16(14)18)19-10-13-11-20-17-9-5-3-7-15(13)17/h2-9,11-12,19H,10H2,1H3. The molecule has 0 saturated heterocycles. The summed E-state index contributed by atoms with van der Waals surface area (Å²) in [6.07, 6.45) is 1.76. The number of hydrogen-bond acceptors (Lipinski definition) is 2. The highest BCUT2D eigenvalue weighted by atomic mass is 19.1. The minimum Gasteiger partial charge on any atom is -0.464 e. The summed E-state index contributed by atoms with van der Waals surface area (Å²) < 4.78 is 19.2. The van der Waals surface area contributed by atoms with Crippen molar-refractivity contribution in [3.63, 3.8) is 0 Å². The molecular formula is C17H16FNO. The SMILES string of the molecule is CC(NCc1coc2ccccc12)c1ccccc1F. The molecule has 3 aromatic rings. The zero-order chi connectivity index (χ0) is 13.9. The van der Waals surface area contributed by atoms with Crippen molar-refractivity contribution in [2.24, 2.45) is 0 Å².